The number of benzene rings is 2. The molecule has 1 aromatic heterocycles. The number of amides is 1. The molecule has 0 spiro atoms. The van der Waals surface area contributed by atoms with Crippen LogP contribution in [0.15, 0.2) is 50.5 Å². The molecule has 2 heterocycles. The zero-order valence-electron chi connectivity index (χ0n) is 16.7. The molecule has 0 saturated heterocycles. The Labute approximate surface area is 185 Å². The molecule has 0 radical (unpaired) electrons. The van der Waals surface area contributed by atoms with E-state index < -0.39 is 23.1 Å². The van der Waals surface area contributed by atoms with E-state index in [1.54, 1.807) is 30.3 Å². The van der Waals surface area contributed by atoms with Crippen molar-refractivity contribution in [2.24, 2.45) is 0 Å². The van der Waals surface area contributed by atoms with Gasteiger partial charge in [0.25, 0.3) is 0 Å². The van der Waals surface area contributed by atoms with E-state index in [-0.39, 0.29) is 18.7 Å². The number of halogens is 1. The molecule has 1 atom stereocenters. The van der Waals surface area contributed by atoms with E-state index in [1.807, 2.05) is 6.07 Å². The molecule has 31 heavy (non-hydrogen) atoms. The summed E-state index contributed by atoms with van der Waals surface area (Å²) in [5.41, 5.74) is 1.92. The highest BCUT2D eigenvalue weighted by atomic mass is 79.9. The smallest absolute Gasteiger partial charge is 0.317 e. The van der Waals surface area contributed by atoms with Crippen molar-refractivity contribution in [1.29, 1.82) is 0 Å². The number of methoxy groups -OCH3 is 1. The first kappa shape index (κ1) is 21.0. The van der Waals surface area contributed by atoms with E-state index in [1.165, 1.54) is 11.7 Å². The highest BCUT2D eigenvalue weighted by molar-refractivity contribution is 9.10. The minimum Gasteiger partial charge on any atom is -0.469 e. The van der Waals surface area contributed by atoms with Crippen molar-refractivity contribution in [2.75, 3.05) is 12.4 Å². The van der Waals surface area contributed by atoms with Crippen molar-refractivity contribution in [3.05, 3.63) is 72.7 Å². The Kier molecular flexibility index (Phi) is 5.77. The first-order chi connectivity index (χ1) is 14.9. The van der Waals surface area contributed by atoms with Crippen LogP contribution < -0.4 is 16.4 Å². The van der Waals surface area contributed by atoms with Crippen LogP contribution in [0.2, 0.25) is 0 Å². The lowest BCUT2D eigenvalue weighted by Gasteiger charge is -2.27. The zero-order chi connectivity index (χ0) is 22.1. The standard InChI is InChI=1S/C22H20BrN3O5/c1-31-19(28)9-12-4-2-3-5-16(12)24-18(27)11-15-7-6-13-8-14(23)10-17-20(13)26(15)22(30)21(29)25-17/h2-5,8,10,15H,6-7,9,11H2,1H3,(H,24,27)(H,25,29). The first-order valence-corrected chi connectivity index (χ1v) is 10.6. The minimum absolute atomic E-state index is 0.0283. The van der Waals surface area contributed by atoms with Crippen LogP contribution in [0.1, 0.15) is 30.0 Å². The van der Waals surface area contributed by atoms with Gasteiger partial charge in [0, 0.05) is 22.6 Å². The topological polar surface area (TPSA) is 110 Å². The molecule has 1 unspecified atom stereocenters. The third-order valence-corrected chi connectivity index (χ3v) is 5.90. The van der Waals surface area contributed by atoms with Crippen LogP contribution in [0.25, 0.3) is 11.0 Å². The molecule has 1 aliphatic heterocycles. The summed E-state index contributed by atoms with van der Waals surface area (Å²) in [6.07, 6.45) is 1.30. The van der Waals surface area contributed by atoms with Crippen LogP contribution in [0.3, 0.4) is 0 Å². The van der Waals surface area contributed by atoms with Gasteiger partial charge in [-0.25, -0.2) is 0 Å². The summed E-state index contributed by atoms with van der Waals surface area (Å²) in [5, 5.41) is 2.83. The minimum atomic E-state index is -0.715. The van der Waals surface area contributed by atoms with Gasteiger partial charge in [-0.05, 0) is 42.2 Å². The number of nitrogens with zero attached hydrogens (tertiary/aromatic N) is 1. The molecule has 1 aliphatic rings. The van der Waals surface area contributed by atoms with Gasteiger partial charge in [-0.2, -0.15) is 0 Å². The summed E-state index contributed by atoms with van der Waals surface area (Å²) in [6.45, 7) is 0. The zero-order valence-corrected chi connectivity index (χ0v) is 18.3. The molecule has 0 saturated carbocycles. The van der Waals surface area contributed by atoms with Crippen molar-refractivity contribution in [2.45, 2.75) is 31.7 Å². The Bertz CT molecular complexity index is 1310. The average Bonchev–Trinajstić information content (AvgIpc) is 2.73. The number of carbonyl (C=O) groups is 2. The lowest BCUT2D eigenvalue weighted by atomic mass is 9.96. The van der Waals surface area contributed by atoms with Crippen LogP contribution in [-0.2, 0) is 27.2 Å². The molecule has 160 valence electrons. The number of hydrogen-bond donors (Lipinski definition) is 2. The maximum absolute atomic E-state index is 12.8. The number of ether oxygens (including phenoxy) is 1. The van der Waals surface area contributed by atoms with E-state index in [4.69, 9.17) is 4.74 Å². The van der Waals surface area contributed by atoms with Gasteiger partial charge in [0.05, 0.1) is 24.6 Å². The van der Waals surface area contributed by atoms with Crippen molar-refractivity contribution in [3.8, 4) is 0 Å². The van der Waals surface area contributed by atoms with Crippen molar-refractivity contribution >= 4 is 44.5 Å². The summed E-state index contributed by atoms with van der Waals surface area (Å²) >= 11 is 3.43. The molecular formula is C22H20BrN3O5. The average molecular weight is 486 g/mol. The number of anilines is 1. The Hall–Kier alpha value is -3.20. The van der Waals surface area contributed by atoms with Gasteiger partial charge < -0.3 is 15.0 Å². The molecule has 0 fully saturated rings. The first-order valence-electron chi connectivity index (χ1n) is 9.79. The number of aryl methyl sites for hydroxylation is 1. The van der Waals surface area contributed by atoms with Crippen LogP contribution in [0.5, 0.6) is 0 Å². The monoisotopic (exact) mass is 485 g/mol. The molecule has 2 N–H and O–H groups in total. The van der Waals surface area contributed by atoms with Crippen molar-refractivity contribution in [3.63, 3.8) is 0 Å². The summed E-state index contributed by atoms with van der Waals surface area (Å²) in [4.78, 5) is 52.0. The quantitative estimate of drug-likeness (QED) is 0.426. The molecule has 2 aromatic carbocycles. The van der Waals surface area contributed by atoms with Gasteiger partial charge in [0.15, 0.2) is 0 Å². The molecule has 1 amide bonds. The third kappa shape index (κ3) is 4.18. The summed E-state index contributed by atoms with van der Waals surface area (Å²) in [7, 11) is 1.31. The number of rotatable bonds is 5. The maximum Gasteiger partial charge on any atom is 0.317 e. The second kappa shape index (κ2) is 8.50. The number of carbonyl (C=O) groups excluding carboxylic acids is 2. The summed E-state index contributed by atoms with van der Waals surface area (Å²) in [5.74, 6) is -0.711. The van der Waals surface area contributed by atoms with Gasteiger partial charge in [-0.15, -0.1) is 0 Å². The Morgan fingerprint density at radius 3 is 2.81 bits per heavy atom. The van der Waals surface area contributed by atoms with Crippen LogP contribution in [-0.4, -0.2) is 28.5 Å². The number of aromatic amines is 1. The van der Waals surface area contributed by atoms with Gasteiger partial charge in [0.2, 0.25) is 5.91 Å². The Morgan fingerprint density at radius 2 is 2.03 bits per heavy atom. The fraction of sp³-hybridized carbons (Fsp3) is 0.273. The fourth-order valence-corrected chi connectivity index (χ4v) is 4.55. The molecule has 4 rings (SSSR count). The summed E-state index contributed by atoms with van der Waals surface area (Å²) < 4.78 is 6.97. The number of esters is 1. The second-order valence-electron chi connectivity index (χ2n) is 7.45. The van der Waals surface area contributed by atoms with Crippen LogP contribution in [0.4, 0.5) is 5.69 Å². The van der Waals surface area contributed by atoms with Crippen LogP contribution >= 0.6 is 15.9 Å². The lowest BCUT2D eigenvalue weighted by molar-refractivity contribution is -0.139. The largest absolute Gasteiger partial charge is 0.469 e. The molecule has 0 bridgehead atoms. The number of hydrogen-bond acceptors (Lipinski definition) is 5. The predicted molar refractivity (Wildman–Crippen MR) is 119 cm³/mol. The highest BCUT2D eigenvalue weighted by Crippen LogP contribution is 2.32. The van der Waals surface area contributed by atoms with Gasteiger partial charge >= 0.3 is 17.1 Å². The van der Waals surface area contributed by atoms with E-state index >= 15 is 0 Å². The van der Waals surface area contributed by atoms with Gasteiger partial charge in [0.1, 0.15) is 0 Å². The third-order valence-electron chi connectivity index (χ3n) is 5.44. The number of nitrogens with one attached hydrogen (secondary N) is 2. The second-order valence-corrected chi connectivity index (χ2v) is 8.36. The van der Waals surface area contributed by atoms with Crippen LogP contribution in [0, 0.1) is 0 Å². The van der Waals surface area contributed by atoms with E-state index in [0.717, 1.165) is 10.0 Å². The SMILES string of the molecule is COC(=O)Cc1ccccc1NC(=O)CC1CCc2cc(Br)cc3[nH]c(=O)c(=O)n1c23. The van der Waals surface area contributed by atoms with Gasteiger partial charge in [-0.1, -0.05) is 34.1 Å². The maximum atomic E-state index is 12.8. The van der Waals surface area contributed by atoms with Crippen molar-refractivity contribution < 1.29 is 14.3 Å². The summed E-state index contributed by atoms with van der Waals surface area (Å²) in [6, 6.07) is 10.2. The molecule has 3 aromatic rings. The van der Waals surface area contributed by atoms with E-state index in [0.29, 0.717) is 35.1 Å². The number of aromatic nitrogens is 2. The molecule has 9 heteroatoms. The number of H-pyrrole nitrogens is 1. The predicted octanol–water partition coefficient (Wildman–Crippen LogP) is 2.68. The molecular weight excluding hydrogens is 466 g/mol. The van der Waals surface area contributed by atoms with E-state index in [2.05, 4.69) is 26.2 Å². The lowest BCUT2D eigenvalue weighted by Crippen LogP contribution is -2.41. The van der Waals surface area contributed by atoms with Crippen molar-refractivity contribution in [1.82, 2.24) is 9.55 Å². The molecule has 8 nitrogen and oxygen atoms in total. The Morgan fingerprint density at radius 1 is 1.26 bits per heavy atom. The number of para-hydroxylation sites is 1. The fourth-order valence-electron chi connectivity index (χ4n) is 4.05. The molecule has 0 aliphatic carbocycles. The van der Waals surface area contributed by atoms with Gasteiger partial charge in [-0.3, -0.25) is 23.7 Å². The Balaban J connectivity index is 1.63. The highest BCUT2D eigenvalue weighted by Gasteiger charge is 2.26. The normalized spacial score (nSPS) is 15.0. The van der Waals surface area contributed by atoms with E-state index in [9.17, 15) is 19.2 Å².